The van der Waals surface area contributed by atoms with Gasteiger partial charge < -0.3 is 18.3 Å². The zero-order chi connectivity index (χ0) is 86.3. The minimum Gasteiger partial charge on any atom is -0.309 e. The molecule has 0 spiro atoms. The first-order valence-electron chi connectivity index (χ1n) is 44.9. The van der Waals surface area contributed by atoms with Crippen LogP contribution in [-0.4, -0.2) is 48.2 Å². The summed E-state index contributed by atoms with van der Waals surface area (Å²) in [6, 6.07) is 159. The molecule has 0 aliphatic heterocycles. The topological polar surface area (TPSA) is 97.1 Å². The van der Waals surface area contributed by atoms with Crippen molar-refractivity contribution in [3.63, 3.8) is 0 Å². The Morgan fingerprint density at radius 3 is 1.27 bits per heavy atom. The second kappa shape index (κ2) is 28.8. The lowest BCUT2D eigenvalue weighted by Crippen LogP contribution is -2.02. The highest BCUT2D eigenvalue weighted by atomic mass is 15.1. The van der Waals surface area contributed by atoms with Crippen LogP contribution < -0.4 is 0 Å². The van der Waals surface area contributed by atoms with E-state index in [4.69, 9.17) is 29.9 Å². The fraction of sp³-hybridized carbons (Fsp3) is 0. The van der Waals surface area contributed by atoms with Crippen molar-refractivity contribution in [2.75, 3.05) is 0 Å². The van der Waals surface area contributed by atoms with Crippen LogP contribution in [-0.2, 0) is 0 Å². The van der Waals surface area contributed by atoms with E-state index < -0.39 is 0 Å². The third-order valence-corrected chi connectivity index (χ3v) is 27.5. The van der Waals surface area contributed by atoms with E-state index >= 15 is 0 Å². The van der Waals surface area contributed by atoms with E-state index in [0.717, 1.165) is 203 Å². The van der Waals surface area contributed by atoms with Gasteiger partial charge in [-0.1, -0.05) is 322 Å². The van der Waals surface area contributed by atoms with Crippen LogP contribution in [0.5, 0.6) is 0 Å². The van der Waals surface area contributed by atoms with Crippen LogP contribution in [0.2, 0.25) is 0 Å². The Labute approximate surface area is 755 Å². The van der Waals surface area contributed by atoms with Gasteiger partial charge in [0.05, 0.1) is 49.8 Å². The molecule has 6 aromatic heterocycles. The molecule has 0 N–H and O–H groups in total. The summed E-state index contributed by atoms with van der Waals surface area (Å²) in [6.45, 7) is 0. The molecule has 6 heterocycles. The average Bonchev–Trinajstić information content (AvgIpc) is 1.54. The van der Waals surface area contributed by atoms with Gasteiger partial charge in [-0.15, -0.1) is 0 Å². The first kappa shape index (κ1) is 73.3. The molecule has 0 fully saturated rings. The van der Waals surface area contributed by atoms with Crippen LogP contribution >= 0.6 is 0 Å². The van der Waals surface area contributed by atoms with Gasteiger partial charge in [-0.25, -0.2) is 29.9 Å². The molecule has 0 aliphatic carbocycles. The normalized spacial score (nSPS) is 12.1. The molecule has 0 atom stereocenters. The van der Waals surface area contributed by atoms with E-state index in [0.29, 0.717) is 34.9 Å². The number of fused-ring (bicyclic) bond motifs is 22. The third kappa shape index (κ3) is 11.3. The lowest BCUT2D eigenvalue weighted by Gasteiger charge is -2.17. The van der Waals surface area contributed by atoms with Crippen molar-refractivity contribution in [1.29, 1.82) is 0 Å². The number of rotatable bonds is 11. The summed E-state index contributed by atoms with van der Waals surface area (Å²) in [5.74, 6) is 3.58. The van der Waals surface area contributed by atoms with Gasteiger partial charge in [0, 0.05) is 110 Å². The lowest BCUT2D eigenvalue weighted by atomic mass is 9.90. The molecular formula is C122H72N10. The van der Waals surface area contributed by atoms with Crippen molar-refractivity contribution in [2.24, 2.45) is 0 Å². The SMILES string of the molecule is c1ccc(-c2nc(-c3ccc4ccccc4c3)nc(-c3ccc(-c4cc5ccccc5c5c4c4ccccc4n5-c4ccc5c(c4)c4cc6ccccc6cc4n5-c4ccc(-c5nc(-c6ccccc6)nc(-c6cccc7ccccc67)n5)c5ccccc45)c4ccc(-n5c6ccccc6c6cc7cc(-n8c9ccccc9c9ccc%10ccccc%10c98)ccc7cc65)cc34)n2)cc1. The molecule has 10 heteroatoms. The van der Waals surface area contributed by atoms with Crippen LogP contribution in [0.3, 0.4) is 0 Å². The maximum absolute atomic E-state index is 5.62. The molecule has 10 nitrogen and oxygen atoms in total. The van der Waals surface area contributed by atoms with E-state index in [1.165, 1.54) is 38.0 Å². The molecule has 22 aromatic carbocycles. The minimum absolute atomic E-state index is 0.569. The van der Waals surface area contributed by atoms with Crippen molar-refractivity contribution in [3.05, 3.63) is 437 Å². The summed E-state index contributed by atoms with van der Waals surface area (Å²) >= 11 is 0. The number of para-hydroxylation sites is 3. The van der Waals surface area contributed by atoms with E-state index in [2.05, 4.69) is 431 Å². The van der Waals surface area contributed by atoms with Gasteiger partial charge in [0.1, 0.15) is 0 Å². The van der Waals surface area contributed by atoms with Crippen molar-refractivity contribution in [1.82, 2.24) is 48.2 Å². The standard InChI is InChI=1S/C122H72N10/c1-3-29-76(30-4-1)117-123-119(83-51-50-73-26-7-8-33-78(73)64-83)127-122(124-117)100-60-59-93(92-58-55-86(71-102(92)100)129-107-47-22-20-44-96(107)103-68-84-65-85(54-52-81(84)70-112(103)129)130-108-48-23-19-43-95(108)97-57-53-75-28-12-15-39-89(75)115(97)130)106-67-82-36-13-16-40-90(82)116-114(106)101-45-21-24-49-109(101)131(116)87-56-62-111-105(72-87)104-66-79-34-9-10-35-80(79)69-113(104)132(111)110-63-61-99(91-41-17-18-42-94(91)110)121-126-118(77-31-5-2-6-32-77)125-120(128-121)98-46-25-37-74-27-11-14-38-88(74)98/h1-72H. The molecule has 0 radical (unpaired) electrons. The van der Waals surface area contributed by atoms with Crippen molar-refractivity contribution >= 4 is 173 Å². The smallest absolute Gasteiger partial charge is 0.164 e. The zero-order valence-corrected chi connectivity index (χ0v) is 71.0. The first-order valence-corrected chi connectivity index (χ1v) is 44.9. The van der Waals surface area contributed by atoms with Gasteiger partial charge in [-0.05, 0) is 196 Å². The summed E-state index contributed by atoms with van der Waals surface area (Å²) < 4.78 is 9.95. The van der Waals surface area contributed by atoms with Crippen LogP contribution in [0.1, 0.15) is 0 Å². The Hall–Kier alpha value is -17.9. The molecule has 28 rings (SSSR count). The van der Waals surface area contributed by atoms with Crippen molar-refractivity contribution in [3.8, 4) is 102 Å². The van der Waals surface area contributed by atoms with Crippen LogP contribution in [0.4, 0.5) is 0 Å². The Morgan fingerprint density at radius 1 is 0.144 bits per heavy atom. The Balaban J connectivity index is 0.651. The van der Waals surface area contributed by atoms with Crippen LogP contribution in [0.25, 0.3) is 276 Å². The molecular weight excluding hydrogens is 1610 g/mol. The summed E-state index contributed by atoms with van der Waals surface area (Å²) in [5.41, 5.74) is 20.8. The highest BCUT2D eigenvalue weighted by Gasteiger charge is 2.28. The Kier molecular flexibility index (Phi) is 16.0. The highest BCUT2D eigenvalue weighted by molar-refractivity contribution is 6.27. The maximum Gasteiger partial charge on any atom is 0.164 e. The van der Waals surface area contributed by atoms with E-state index in [1.807, 2.05) is 24.3 Å². The first-order chi connectivity index (χ1) is 65.4. The van der Waals surface area contributed by atoms with E-state index in [-0.39, 0.29) is 0 Å². The van der Waals surface area contributed by atoms with Gasteiger partial charge in [-0.3, -0.25) is 0 Å². The van der Waals surface area contributed by atoms with Crippen LogP contribution in [0, 0.1) is 0 Å². The van der Waals surface area contributed by atoms with Crippen molar-refractivity contribution in [2.45, 2.75) is 0 Å². The number of benzene rings is 22. The molecule has 0 saturated heterocycles. The van der Waals surface area contributed by atoms with Gasteiger partial charge in [0.2, 0.25) is 0 Å². The lowest BCUT2D eigenvalue weighted by molar-refractivity contribution is 1.08. The summed E-state index contributed by atoms with van der Waals surface area (Å²) in [5, 5.41) is 27.3. The number of hydrogen-bond acceptors (Lipinski definition) is 6. The summed E-state index contributed by atoms with van der Waals surface area (Å²) in [4.78, 5) is 32.5. The van der Waals surface area contributed by atoms with E-state index in [1.54, 1.807) is 0 Å². The molecule has 0 saturated carbocycles. The quantitative estimate of drug-likeness (QED) is 0.128. The van der Waals surface area contributed by atoms with Gasteiger partial charge in [-0.2, -0.15) is 0 Å². The maximum atomic E-state index is 5.62. The summed E-state index contributed by atoms with van der Waals surface area (Å²) in [6.07, 6.45) is 0. The highest BCUT2D eigenvalue weighted by Crippen LogP contribution is 2.50. The van der Waals surface area contributed by atoms with Crippen LogP contribution in [0.15, 0.2) is 437 Å². The van der Waals surface area contributed by atoms with Crippen molar-refractivity contribution < 1.29 is 0 Å². The fourth-order valence-electron chi connectivity index (χ4n) is 21.5. The number of nitrogens with zero attached hydrogens (tertiary/aromatic N) is 10. The van der Waals surface area contributed by atoms with Gasteiger partial charge in [0.25, 0.3) is 0 Å². The molecule has 0 unspecified atom stereocenters. The monoisotopic (exact) mass is 1680 g/mol. The molecule has 610 valence electrons. The molecule has 132 heavy (non-hydrogen) atoms. The number of hydrogen-bond donors (Lipinski definition) is 0. The average molecular weight is 1680 g/mol. The second-order valence-corrected chi connectivity index (χ2v) is 34.8. The molecule has 0 amide bonds. The largest absolute Gasteiger partial charge is 0.309 e. The third-order valence-electron chi connectivity index (χ3n) is 27.5. The van der Waals surface area contributed by atoms with E-state index in [9.17, 15) is 0 Å². The number of aromatic nitrogens is 10. The predicted octanol–water partition coefficient (Wildman–Crippen LogP) is 31.3. The molecule has 0 bridgehead atoms. The Bertz CT molecular complexity index is 9820. The fourth-order valence-corrected chi connectivity index (χ4v) is 21.5. The minimum atomic E-state index is 0.569. The zero-order valence-electron chi connectivity index (χ0n) is 71.0. The summed E-state index contributed by atoms with van der Waals surface area (Å²) in [7, 11) is 0. The molecule has 0 aliphatic rings. The van der Waals surface area contributed by atoms with Gasteiger partial charge in [0.15, 0.2) is 34.9 Å². The second-order valence-electron chi connectivity index (χ2n) is 34.8. The Morgan fingerprint density at radius 2 is 0.545 bits per heavy atom. The van der Waals surface area contributed by atoms with Gasteiger partial charge >= 0.3 is 0 Å². The molecule has 28 aromatic rings. The predicted molar refractivity (Wildman–Crippen MR) is 549 cm³/mol.